The van der Waals surface area contributed by atoms with Gasteiger partial charge in [0.15, 0.2) is 0 Å². The van der Waals surface area contributed by atoms with E-state index in [1.54, 1.807) is 6.20 Å². The predicted octanol–water partition coefficient (Wildman–Crippen LogP) is 2.21. The Hall–Kier alpha value is -1.90. The molecule has 0 saturated heterocycles. The Bertz CT molecular complexity index is 463. The number of rotatable bonds is 3. The molecule has 0 aromatic carbocycles. The number of aryl methyl sites for hydroxylation is 1. The van der Waals surface area contributed by atoms with Gasteiger partial charge in [-0.1, -0.05) is 19.1 Å². The van der Waals surface area contributed by atoms with Crippen LogP contribution in [-0.4, -0.2) is 9.97 Å². The van der Waals surface area contributed by atoms with Crippen LogP contribution in [0.1, 0.15) is 23.7 Å². The molecule has 16 heavy (non-hydrogen) atoms. The summed E-state index contributed by atoms with van der Waals surface area (Å²) in [6.45, 7) is 2.12. The van der Waals surface area contributed by atoms with Crippen LogP contribution in [0.4, 0.5) is 5.82 Å². The maximum atomic E-state index is 5.79. The molecule has 0 aliphatic carbocycles. The minimum atomic E-state index is 0.587. The number of nitrogens with zero attached hydrogens (tertiary/aromatic N) is 2. The molecule has 3 nitrogen and oxygen atoms in total. The lowest BCUT2D eigenvalue weighted by Gasteiger charge is -2.04. The lowest BCUT2D eigenvalue weighted by molar-refractivity contribution is 1.02. The van der Waals surface area contributed by atoms with E-state index in [1.807, 2.05) is 24.4 Å². The molecule has 82 valence electrons. The molecule has 2 heterocycles. The van der Waals surface area contributed by atoms with Gasteiger partial charge in [0, 0.05) is 30.1 Å². The molecule has 0 bridgehead atoms. The van der Waals surface area contributed by atoms with E-state index in [0.717, 1.165) is 24.1 Å². The highest BCUT2D eigenvalue weighted by atomic mass is 14.8. The summed E-state index contributed by atoms with van der Waals surface area (Å²) >= 11 is 0. The van der Waals surface area contributed by atoms with Gasteiger partial charge < -0.3 is 5.73 Å². The molecular formula is C13H15N3. The van der Waals surface area contributed by atoms with E-state index < -0.39 is 0 Å². The second kappa shape index (κ2) is 4.75. The van der Waals surface area contributed by atoms with Crippen molar-refractivity contribution in [1.29, 1.82) is 0 Å². The quantitative estimate of drug-likeness (QED) is 0.850. The number of anilines is 1. The first-order valence-electron chi connectivity index (χ1n) is 5.42. The number of pyridine rings is 2. The van der Waals surface area contributed by atoms with Gasteiger partial charge in [-0.2, -0.15) is 0 Å². The summed E-state index contributed by atoms with van der Waals surface area (Å²) in [4.78, 5) is 8.46. The van der Waals surface area contributed by atoms with E-state index in [4.69, 9.17) is 5.73 Å². The van der Waals surface area contributed by atoms with E-state index in [-0.39, 0.29) is 0 Å². The van der Waals surface area contributed by atoms with Gasteiger partial charge in [-0.15, -0.1) is 0 Å². The van der Waals surface area contributed by atoms with Gasteiger partial charge in [-0.05, 0) is 24.1 Å². The molecule has 2 aromatic heterocycles. The average molecular weight is 213 g/mol. The molecule has 0 amide bonds. The summed E-state index contributed by atoms with van der Waals surface area (Å²) in [7, 11) is 0. The maximum Gasteiger partial charge on any atom is 0.126 e. The van der Waals surface area contributed by atoms with Gasteiger partial charge in [0.2, 0.25) is 0 Å². The lowest BCUT2D eigenvalue weighted by atomic mass is 10.1. The molecule has 2 aromatic rings. The minimum absolute atomic E-state index is 0.587. The van der Waals surface area contributed by atoms with Crippen molar-refractivity contribution in [3.05, 3.63) is 53.5 Å². The fourth-order valence-electron chi connectivity index (χ4n) is 1.56. The first-order chi connectivity index (χ1) is 7.79. The van der Waals surface area contributed by atoms with Gasteiger partial charge >= 0.3 is 0 Å². The SMILES string of the molecule is CCc1ccc(Cc2cccnc2N)nc1. The third-order valence-electron chi connectivity index (χ3n) is 2.59. The molecule has 2 rings (SSSR count). The highest BCUT2D eigenvalue weighted by Gasteiger charge is 2.01. The van der Waals surface area contributed by atoms with Crippen LogP contribution in [-0.2, 0) is 12.8 Å². The summed E-state index contributed by atoms with van der Waals surface area (Å²) in [5.74, 6) is 0.587. The van der Waals surface area contributed by atoms with Crippen molar-refractivity contribution in [3.8, 4) is 0 Å². The molecule has 0 radical (unpaired) electrons. The Labute approximate surface area is 95.4 Å². The van der Waals surface area contributed by atoms with E-state index in [0.29, 0.717) is 5.82 Å². The normalized spacial score (nSPS) is 10.3. The molecule has 2 N–H and O–H groups in total. The Morgan fingerprint density at radius 1 is 1.19 bits per heavy atom. The monoisotopic (exact) mass is 213 g/mol. The molecule has 0 unspecified atom stereocenters. The molecule has 0 atom stereocenters. The van der Waals surface area contributed by atoms with E-state index in [2.05, 4.69) is 23.0 Å². The Balaban J connectivity index is 2.18. The van der Waals surface area contributed by atoms with Crippen molar-refractivity contribution in [1.82, 2.24) is 9.97 Å². The summed E-state index contributed by atoms with van der Waals surface area (Å²) in [6.07, 6.45) is 5.38. The smallest absolute Gasteiger partial charge is 0.126 e. The number of hydrogen-bond acceptors (Lipinski definition) is 3. The van der Waals surface area contributed by atoms with Crippen LogP contribution in [0.2, 0.25) is 0 Å². The van der Waals surface area contributed by atoms with Crippen LogP contribution in [0.15, 0.2) is 36.7 Å². The average Bonchev–Trinajstić information content (AvgIpc) is 2.33. The predicted molar refractivity (Wildman–Crippen MR) is 65.1 cm³/mol. The van der Waals surface area contributed by atoms with Gasteiger partial charge in [-0.3, -0.25) is 4.98 Å². The van der Waals surface area contributed by atoms with Gasteiger partial charge in [0.25, 0.3) is 0 Å². The van der Waals surface area contributed by atoms with Gasteiger partial charge in [0.05, 0.1) is 0 Å². The first kappa shape index (κ1) is 10.6. The zero-order valence-electron chi connectivity index (χ0n) is 9.35. The maximum absolute atomic E-state index is 5.79. The standard InChI is InChI=1S/C13H15N3/c1-2-10-5-6-12(16-9-10)8-11-4-3-7-15-13(11)14/h3-7,9H,2,8H2,1H3,(H2,14,15). The Morgan fingerprint density at radius 2 is 2.06 bits per heavy atom. The van der Waals surface area contributed by atoms with Crippen LogP contribution in [0.5, 0.6) is 0 Å². The largest absolute Gasteiger partial charge is 0.383 e. The van der Waals surface area contributed by atoms with Crippen LogP contribution in [0, 0.1) is 0 Å². The zero-order valence-corrected chi connectivity index (χ0v) is 9.35. The van der Waals surface area contributed by atoms with Gasteiger partial charge in [-0.25, -0.2) is 4.98 Å². The second-order valence-corrected chi connectivity index (χ2v) is 3.74. The molecule has 0 saturated carbocycles. The van der Waals surface area contributed by atoms with Crippen molar-refractivity contribution >= 4 is 5.82 Å². The van der Waals surface area contributed by atoms with Crippen LogP contribution < -0.4 is 5.73 Å². The van der Waals surface area contributed by atoms with Crippen molar-refractivity contribution in [3.63, 3.8) is 0 Å². The fraction of sp³-hybridized carbons (Fsp3) is 0.231. The van der Waals surface area contributed by atoms with Gasteiger partial charge in [0.1, 0.15) is 5.82 Å². The molecule has 3 heteroatoms. The number of aromatic nitrogens is 2. The topological polar surface area (TPSA) is 51.8 Å². The van der Waals surface area contributed by atoms with E-state index in [1.165, 1.54) is 5.56 Å². The molecule has 0 aliphatic heterocycles. The molecule has 0 fully saturated rings. The van der Waals surface area contributed by atoms with Crippen molar-refractivity contribution < 1.29 is 0 Å². The third kappa shape index (κ3) is 2.37. The minimum Gasteiger partial charge on any atom is -0.383 e. The van der Waals surface area contributed by atoms with E-state index >= 15 is 0 Å². The Kier molecular flexibility index (Phi) is 3.15. The van der Waals surface area contributed by atoms with E-state index in [9.17, 15) is 0 Å². The molecular weight excluding hydrogens is 198 g/mol. The zero-order chi connectivity index (χ0) is 11.4. The number of nitrogens with two attached hydrogens (primary N) is 1. The van der Waals surface area contributed by atoms with Crippen molar-refractivity contribution in [2.45, 2.75) is 19.8 Å². The summed E-state index contributed by atoms with van der Waals surface area (Å²) in [6, 6.07) is 8.03. The molecule has 0 spiro atoms. The third-order valence-corrected chi connectivity index (χ3v) is 2.59. The highest BCUT2D eigenvalue weighted by molar-refractivity contribution is 5.40. The first-order valence-corrected chi connectivity index (χ1v) is 5.42. The summed E-state index contributed by atoms with van der Waals surface area (Å²) in [5.41, 5.74) is 9.09. The van der Waals surface area contributed by atoms with Crippen LogP contribution >= 0.6 is 0 Å². The number of nitrogen functional groups attached to an aromatic ring is 1. The van der Waals surface area contributed by atoms with Crippen LogP contribution in [0.3, 0.4) is 0 Å². The fourth-order valence-corrected chi connectivity index (χ4v) is 1.56. The number of hydrogen-bond donors (Lipinski definition) is 1. The molecule has 0 aliphatic rings. The second-order valence-electron chi connectivity index (χ2n) is 3.74. The van der Waals surface area contributed by atoms with Crippen molar-refractivity contribution in [2.24, 2.45) is 0 Å². The van der Waals surface area contributed by atoms with Crippen molar-refractivity contribution in [2.75, 3.05) is 5.73 Å². The summed E-state index contributed by atoms with van der Waals surface area (Å²) < 4.78 is 0. The Morgan fingerprint density at radius 3 is 2.69 bits per heavy atom. The van der Waals surface area contributed by atoms with Crippen LogP contribution in [0.25, 0.3) is 0 Å². The summed E-state index contributed by atoms with van der Waals surface area (Å²) in [5, 5.41) is 0. The highest BCUT2D eigenvalue weighted by Crippen LogP contribution is 2.12. The lowest BCUT2D eigenvalue weighted by Crippen LogP contribution is -1.99.